The number of ether oxygens (including phenoxy) is 1. The van der Waals surface area contributed by atoms with E-state index in [1.54, 1.807) is 0 Å². The quantitative estimate of drug-likeness (QED) is 0.818. The van der Waals surface area contributed by atoms with E-state index in [1.165, 1.54) is 18.4 Å². The molecule has 0 aliphatic carbocycles. The van der Waals surface area contributed by atoms with Crippen LogP contribution in [-0.4, -0.2) is 28.6 Å². The maximum atomic E-state index is 5.89. The molecule has 0 spiro atoms. The average molecular weight is 314 g/mol. The van der Waals surface area contributed by atoms with Gasteiger partial charge in [-0.1, -0.05) is 18.5 Å². The molecular formula is C12H16ClN5OS. The lowest BCUT2D eigenvalue weighted by molar-refractivity contribution is 0.379. The smallest absolute Gasteiger partial charge is 0.322 e. The molecule has 0 fully saturated rings. The van der Waals surface area contributed by atoms with Gasteiger partial charge in [0.2, 0.25) is 11.9 Å². The van der Waals surface area contributed by atoms with Crippen LogP contribution in [-0.2, 0) is 6.54 Å². The number of methoxy groups -OCH3 is 1. The molecule has 2 aromatic heterocycles. The van der Waals surface area contributed by atoms with Crippen molar-refractivity contribution in [1.29, 1.82) is 0 Å². The molecule has 2 N–H and O–H groups in total. The summed E-state index contributed by atoms with van der Waals surface area (Å²) in [5.41, 5.74) is 0. The summed E-state index contributed by atoms with van der Waals surface area (Å²) >= 11 is 7.41. The number of hydrogen-bond acceptors (Lipinski definition) is 7. The molecule has 6 nitrogen and oxygen atoms in total. The summed E-state index contributed by atoms with van der Waals surface area (Å²) in [5.74, 6) is 0.977. The zero-order chi connectivity index (χ0) is 14.4. The van der Waals surface area contributed by atoms with Crippen LogP contribution in [0, 0.1) is 0 Å². The van der Waals surface area contributed by atoms with E-state index in [1.807, 2.05) is 12.1 Å². The molecule has 0 aromatic carbocycles. The van der Waals surface area contributed by atoms with Gasteiger partial charge in [0.15, 0.2) is 0 Å². The van der Waals surface area contributed by atoms with E-state index in [2.05, 4.69) is 32.5 Å². The van der Waals surface area contributed by atoms with E-state index in [-0.39, 0.29) is 6.01 Å². The van der Waals surface area contributed by atoms with Crippen LogP contribution in [0.4, 0.5) is 11.9 Å². The topological polar surface area (TPSA) is 72.0 Å². The first kappa shape index (κ1) is 14.8. The Kier molecular flexibility index (Phi) is 5.37. The zero-order valence-electron chi connectivity index (χ0n) is 11.3. The Labute approximate surface area is 126 Å². The number of aromatic nitrogens is 3. The van der Waals surface area contributed by atoms with Gasteiger partial charge >= 0.3 is 6.01 Å². The first-order valence-corrected chi connectivity index (χ1v) is 7.42. The highest BCUT2D eigenvalue weighted by Crippen LogP contribution is 2.22. The largest absolute Gasteiger partial charge is 0.467 e. The third-order valence-corrected chi connectivity index (χ3v) is 3.61. The van der Waals surface area contributed by atoms with E-state index in [9.17, 15) is 0 Å². The Balaban J connectivity index is 2.05. The second kappa shape index (κ2) is 7.25. The summed E-state index contributed by atoms with van der Waals surface area (Å²) in [4.78, 5) is 13.7. The number of rotatable bonds is 7. The lowest BCUT2D eigenvalue weighted by Gasteiger charge is -2.08. The zero-order valence-corrected chi connectivity index (χ0v) is 12.9. The monoisotopic (exact) mass is 313 g/mol. The third-order valence-electron chi connectivity index (χ3n) is 2.38. The minimum absolute atomic E-state index is 0.283. The normalized spacial score (nSPS) is 10.3. The van der Waals surface area contributed by atoms with Gasteiger partial charge in [-0.25, -0.2) is 0 Å². The Hall–Kier alpha value is -1.60. The first-order chi connectivity index (χ1) is 9.71. The van der Waals surface area contributed by atoms with Gasteiger partial charge in [0.25, 0.3) is 0 Å². The standard InChI is InChI=1S/C12H16ClN5OS/c1-3-6-14-10-16-11(18-12(17-10)19-2)15-7-8-4-5-9(13)20-8/h4-5H,3,6-7H2,1-2H3,(H2,14,15,16,17,18). The highest BCUT2D eigenvalue weighted by molar-refractivity contribution is 7.16. The van der Waals surface area contributed by atoms with Crippen molar-refractivity contribution < 1.29 is 4.74 Å². The summed E-state index contributed by atoms with van der Waals surface area (Å²) in [6.45, 7) is 3.48. The molecule has 0 atom stereocenters. The van der Waals surface area contributed by atoms with Crippen molar-refractivity contribution in [2.75, 3.05) is 24.3 Å². The summed E-state index contributed by atoms with van der Waals surface area (Å²) in [5, 5.41) is 6.25. The fourth-order valence-electron chi connectivity index (χ4n) is 1.46. The van der Waals surface area contributed by atoms with Crippen molar-refractivity contribution in [2.24, 2.45) is 0 Å². The highest BCUT2D eigenvalue weighted by Gasteiger charge is 2.07. The Morgan fingerprint density at radius 1 is 1.20 bits per heavy atom. The molecule has 0 saturated carbocycles. The fourth-order valence-corrected chi connectivity index (χ4v) is 2.48. The van der Waals surface area contributed by atoms with Gasteiger partial charge in [0, 0.05) is 11.4 Å². The van der Waals surface area contributed by atoms with Gasteiger partial charge in [-0.05, 0) is 18.6 Å². The molecule has 0 amide bonds. The molecule has 0 radical (unpaired) electrons. The number of thiophene rings is 1. The number of nitrogens with zero attached hydrogens (tertiary/aromatic N) is 3. The molecule has 2 rings (SSSR count). The molecule has 8 heteroatoms. The summed E-state index contributed by atoms with van der Waals surface area (Å²) < 4.78 is 5.84. The molecule has 0 bridgehead atoms. The Morgan fingerprint density at radius 2 is 1.95 bits per heavy atom. The van der Waals surface area contributed by atoms with Crippen molar-refractivity contribution in [3.05, 3.63) is 21.3 Å². The fraction of sp³-hybridized carbons (Fsp3) is 0.417. The molecule has 0 aliphatic rings. The maximum Gasteiger partial charge on any atom is 0.322 e. The van der Waals surface area contributed by atoms with Crippen molar-refractivity contribution in [3.8, 4) is 6.01 Å². The predicted molar refractivity (Wildman–Crippen MR) is 81.8 cm³/mol. The minimum atomic E-state index is 0.283. The van der Waals surface area contributed by atoms with E-state index >= 15 is 0 Å². The Bertz CT molecular complexity index is 563. The number of anilines is 2. The lowest BCUT2D eigenvalue weighted by atomic mass is 10.5. The molecule has 108 valence electrons. The first-order valence-electron chi connectivity index (χ1n) is 6.23. The van der Waals surface area contributed by atoms with Crippen molar-refractivity contribution in [1.82, 2.24) is 15.0 Å². The van der Waals surface area contributed by atoms with Crippen LogP contribution in [0.5, 0.6) is 6.01 Å². The van der Waals surface area contributed by atoms with Gasteiger partial charge in [-0.15, -0.1) is 11.3 Å². The van der Waals surface area contributed by atoms with E-state index in [0.717, 1.165) is 22.2 Å². The SMILES string of the molecule is CCCNc1nc(NCc2ccc(Cl)s2)nc(OC)n1. The minimum Gasteiger partial charge on any atom is -0.467 e. The van der Waals surface area contributed by atoms with E-state index < -0.39 is 0 Å². The molecule has 0 unspecified atom stereocenters. The van der Waals surface area contributed by atoms with Gasteiger partial charge in [0.1, 0.15) is 0 Å². The number of nitrogens with one attached hydrogen (secondary N) is 2. The van der Waals surface area contributed by atoms with Crippen LogP contribution >= 0.6 is 22.9 Å². The van der Waals surface area contributed by atoms with Crippen LogP contribution in [0.2, 0.25) is 4.34 Å². The Morgan fingerprint density at radius 3 is 2.55 bits per heavy atom. The van der Waals surface area contributed by atoms with Crippen LogP contribution in [0.3, 0.4) is 0 Å². The summed E-state index contributed by atoms with van der Waals surface area (Å²) in [6, 6.07) is 4.12. The highest BCUT2D eigenvalue weighted by atomic mass is 35.5. The second-order valence-electron chi connectivity index (χ2n) is 3.96. The molecule has 20 heavy (non-hydrogen) atoms. The molecule has 2 heterocycles. The third kappa shape index (κ3) is 4.21. The van der Waals surface area contributed by atoms with Crippen LogP contribution in [0.25, 0.3) is 0 Å². The van der Waals surface area contributed by atoms with E-state index in [4.69, 9.17) is 16.3 Å². The molecule has 0 saturated heterocycles. The molecule has 0 aliphatic heterocycles. The summed E-state index contributed by atoms with van der Waals surface area (Å²) in [7, 11) is 1.53. The van der Waals surface area contributed by atoms with E-state index in [0.29, 0.717) is 18.4 Å². The van der Waals surface area contributed by atoms with Crippen LogP contribution in [0.1, 0.15) is 18.2 Å². The van der Waals surface area contributed by atoms with Crippen LogP contribution in [0.15, 0.2) is 12.1 Å². The lowest BCUT2D eigenvalue weighted by Crippen LogP contribution is -2.10. The van der Waals surface area contributed by atoms with Gasteiger partial charge in [-0.3, -0.25) is 0 Å². The molecule has 2 aromatic rings. The van der Waals surface area contributed by atoms with Crippen molar-refractivity contribution in [3.63, 3.8) is 0 Å². The summed E-state index contributed by atoms with van der Waals surface area (Å²) in [6.07, 6.45) is 0.991. The van der Waals surface area contributed by atoms with Gasteiger partial charge < -0.3 is 15.4 Å². The van der Waals surface area contributed by atoms with Crippen LogP contribution < -0.4 is 15.4 Å². The average Bonchev–Trinajstić information content (AvgIpc) is 2.88. The van der Waals surface area contributed by atoms with Gasteiger partial charge in [-0.2, -0.15) is 15.0 Å². The van der Waals surface area contributed by atoms with Crippen molar-refractivity contribution >= 4 is 34.8 Å². The second-order valence-corrected chi connectivity index (χ2v) is 5.76. The number of halogens is 1. The molecular weight excluding hydrogens is 298 g/mol. The predicted octanol–water partition coefficient (Wildman–Crippen LogP) is 3.03. The number of hydrogen-bond donors (Lipinski definition) is 2. The van der Waals surface area contributed by atoms with Gasteiger partial charge in [0.05, 0.1) is 18.0 Å². The van der Waals surface area contributed by atoms with Crippen molar-refractivity contribution in [2.45, 2.75) is 19.9 Å². The maximum absolute atomic E-state index is 5.89.